The van der Waals surface area contributed by atoms with Gasteiger partial charge in [-0.3, -0.25) is 19.1 Å². The predicted molar refractivity (Wildman–Crippen MR) is 177 cm³/mol. The predicted octanol–water partition coefficient (Wildman–Crippen LogP) is 2.79. The molecular weight excluding hydrogens is 658 g/mol. The van der Waals surface area contributed by atoms with E-state index in [2.05, 4.69) is 27.1 Å². The number of ether oxygens (including phenoxy) is 3. The highest BCUT2D eigenvalue weighted by molar-refractivity contribution is 7.91. The van der Waals surface area contributed by atoms with Crippen molar-refractivity contribution in [3.05, 3.63) is 30.9 Å². The van der Waals surface area contributed by atoms with Crippen molar-refractivity contribution in [2.75, 3.05) is 13.7 Å². The Morgan fingerprint density at radius 1 is 1.14 bits per heavy atom. The molecule has 3 N–H and O–H groups in total. The summed E-state index contributed by atoms with van der Waals surface area (Å²) >= 11 is 0. The standard InChI is InChI=1S/C33H45N5O10S/c1-9-18-16-33(18,29(41)37-49(43,44)21-11-12-21)35-26(39)23-14-20(46-27-22-13-10-19(45-8)15-24(22)48-36-27)17-38(23)28(40)25(31(2,3)4)34-30(42)47-32(5,6)7/h9-10,13,15,18,20-21,23,25H,1,11-12,14,16-17H2,2-8H3,(H,34,42)(H,35,39)(H,37,41). The monoisotopic (exact) mass is 703 g/mol. The van der Waals surface area contributed by atoms with Crippen molar-refractivity contribution < 1.29 is 46.3 Å². The van der Waals surface area contributed by atoms with Gasteiger partial charge in [0.1, 0.15) is 35.1 Å². The van der Waals surface area contributed by atoms with E-state index in [1.54, 1.807) is 59.7 Å². The van der Waals surface area contributed by atoms with Crippen molar-refractivity contribution in [1.82, 2.24) is 25.4 Å². The molecule has 5 rings (SSSR count). The molecule has 0 spiro atoms. The van der Waals surface area contributed by atoms with Gasteiger partial charge in [0.05, 0.1) is 24.3 Å². The van der Waals surface area contributed by atoms with E-state index < -0.39 is 79.7 Å². The second kappa shape index (κ2) is 12.8. The lowest BCUT2D eigenvalue weighted by Gasteiger charge is -2.36. The molecule has 0 bridgehead atoms. The number of carbonyl (C=O) groups is 4. The number of methoxy groups -OCH3 is 1. The third-order valence-electron chi connectivity index (χ3n) is 8.80. The molecule has 0 radical (unpaired) electrons. The number of hydrogen-bond donors (Lipinski definition) is 3. The molecule has 3 aliphatic rings. The van der Waals surface area contributed by atoms with Gasteiger partial charge < -0.3 is 34.3 Å². The van der Waals surface area contributed by atoms with Crippen LogP contribution < -0.4 is 24.8 Å². The summed E-state index contributed by atoms with van der Waals surface area (Å²) in [4.78, 5) is 56.0. The van der Waals surface area contributed by atoms with Crippen molar-refractivity contribution in [3.63, 3.8) is 0 Å². The van der Waals surface area contributed by atoms with Crippen LogP contribution in [0.2, 0.25) is 0 Å². The van der Waals surface area contributed by atoms with Gasteiger partial charge in [-0.2, -0.15) is 0 Å². The number of nitrogens with one attached hydrogen (secondary N) is 3. The maximum atomic E-state index is 14.3. The van der Waals surface area contributed by atoms with Crippen LogP contribution in [0.4, 0.5) is 4.79 Å². The fourth-order valence-electron chi connectivity index (χ4n) is 5.90. The molecule has 2 aliphatic carbocycles. The topological polar surface area (TPSA) is 195 Å². The van der Waals surface area contributed by atoms with Crippen molar-refractivity contribution in [2.45, 2.75) is 102 Å². The van der Waals surface area contributed by atoms with Crippen molar-refractivity contribution in [2.24, 2.45) is 11.3 Å². The third kappa shape index (κ3) is 7.78. The zero-order valence-electron chi connectivity index (χ0n) is 28.8. The van der Waals surface area contributed by atoms with Crippen molar-refractivity contribution in [3.8, 4) is 11.6 Å². The van der Waals surface area contributed by atoms with Gasteiger partial charge in [0, 0.05) is 18.4 Å². The number of nitrogens with zero attached hydrogens (tertiary/aromatic N) is 2. The first-order valence-electron chi connectivity index (χ1n) is 16.2. The SMILES string of the molecule is C=CC1CC1(NC(=O)C1CC(Oc2noc3cc(OC)ccc23)CN1C(=O)C(NC(=O)OC(C)(C)C)C(C)(C)C)C(=O)NS(=O)(=O)C1CC1. The number of carbonyl (C=O) groups excluding carboxylic acids is 4. The summed E-state index contributed by atoms with van der Waals surface area (Å²) < 4.78 is 49.7. The molecule has 268 valence electrons. The Morgan fingerprint density at radius 3 is 2.41 bits per heavy atom. The molecule has 2 heterocycles. The van der Waals surface area contributed by atoms with Crippen LogP contribution in [-0.4, -0.2) is 90.5 Å². The van der Waals surface area contributed by atoms with Gasteiger partial charge in [-0.1, -0.05) is 26.8 Å². The summed E-state index contributed by atoms with van der Waals surface area (Å²) in [6, 6.07) is 2.77. The van der Waals surface area contributed by atoms with Gasteiger partial charge in [-0.25, -0.2) is 13.2 Å². The van der Waals surface area contributed by atoms with Crippen LogP contribution in [-0.2, 0) is 29.1 Å². The Bertz CT molecular complexity index is 1760. The Labute approximate surface area is 285 Å². The number of hydrogen-bond acceptors (Lipinski definition) is 11. The molecule has 1 aromatic carbocycles. The fraction of sp³-hybridized carbons (Fsp3) is 0.606. The molecule has 2 aromatic rings. The van der Waals surface area contributed by atoms with Crippen LogP contribution in [0.5, 0.6) is 11.6 Å². The Kier molecular flexibility index (Phi) is 9.42. The fourth-order valence-corrected chi connectivity index (χ4v) is 7.26. The highest BCUT2D eigenvalue weighted by Gasteiger charge is 2.62. The number of aromatic nitrogens is 1. The summed E-state index contributed by atoms with van der Waals surface area (Å²) in [5.41, 5.74) is -2.81. The van der Waals surface area contributed by atoms with Crippen LogP contribution >= 0.6 is 0 Å². The average molecular weight is 704 g/mol. The lowest BCUT2D eigenvalue weighted by molar-refractivity contribution is -0.143. The first-order valence-corrected chi connectivity index (χ1v) is 17.7. The molecule has 2 saturated carbocycles. The first kappa shape index (κ1) is 36.0. The summed E-state index contributed by atoms with van der Waals surface area (Å²) in [6.07, 6.45) is 0.945. The summed E-state index contributed by atoms with van der Waals surface area (Å²) in [6.45, 7) is 14.1. The minimum absolute atomic E-state index is 0.0117. The van der Waals surface area contributed by atoms with E-state index in [0.717, 1.165) is 0 Å². The zero-order valence-corrected chi connectivity index (χ0v) is 29.6. The number of fused-ring (bicyclic) bond motifs is 1. The molecule has 16 heteroatoms. The smallest absolute Gasteiger partial charge is 0.408 e. The Hall–Kier alpha value is -4.34. The van der Waals surface area contributed by atoms with E-state index >= 15 is 0 Å². The van der Waals surface area contributed by atoms with Crippen LogP contribution in [0.25, 0.3) is 11.0 Å². The van der Waals surface area contributed by atoms with Gasteiger partial charge in [-0.05, 0) is 62.7 Å². The van der Waals surface area contributed by atoms with E-state index in [-0.39, 0.29) is 25.3 Å². The molecule has 1 saturated heterocycles. The maximum Gasteiger partial charge on any atom is 0.408 e. The van der Waals surface area contributed by atoms with Gasteiger partial charge in [0.2, 0.25) is 21.8 Å². The number of likely N-dealkylation sites (tertiary alicyclic amines) is 1. The number of alkyl carbamates (subject to hydrolysis) is 1. The summed E-state index contributed by atoms with van der Waals surface area (Å²) in [5, 5.41) is 9.36. The quantitative estimate of drug-likeness (QED) is 0.291. The highest BCUT2D eigenvalue weighted by atomic mass is 32.2. The number of benzene rings is 1. The maximum absolute atomic E-state index is 14.3. The van der Waals surface area contributed by atoms with Crippen LogP contribution in [0.15, 0.2) is 35.4 Å². The molecule has 4 amide bonds. The van der Waals surface area contributed by atoms with Crippen molar-refractivity contribution in [1.29, 1.82) is 0 Å². The van der Waals surface area contributed by atoms with E-state index in [1.807, 2.05) is 0 Å². The molecule has 1 aromatic heterocycles. The lowest BCUT2D eigenvalue weighted by Crippen LogP contribution is -2.60. The Balaban J connectivity index is 1.43. The van der Waals surface area contributed by atoms with Crippen LogP contribution in [0, 0.1) is 11.3 Å². The third-order valence-corrected chi connectivity index (χ3v) is 10.6. The van der Waals surface area contributed by atoms with E-state index in [1.165, 1.54) is 18.1 Å². The van der Waals surface area contributed by atoms with E-state index in [9.17, 15) is 27.6 Å². The summed E-state index contributed by atoms with van der Waals surface area (Å²) in [7, 11) is -2.38. The van der Waals surface area contributed by atoms with Crippen LogP contribution in [0.1, 0.15) is 67.2 Å². The molecular formula is C33H45N5O10S. The Morgan fingerprint density at radius 2 is 1.84 bits per heavy atom. The van der Waals surface area contributed by atoms with E-state index in [0.29, 0.717) is 29.6 Å². The molecule has 15 nitrogen and oxygen atoms in total. The highest BCUT2D eigenvalue weighted by Crippen LogP contribution is 2.45. The lowest BCUT2D eigenvalue weighted by atomic mass is 9.85. The van der Waals surface area contributed by atoms with E-state index in [4.69, 9.17) is 18.7 Å². The molecule has 5 unspecified atom stereocenters. The second-order valence-electron chi connectivity index (χ2n) is 15.0. The minimum Gasteiger partial charge on any atom is -0.497 e. The van der Waals surface area contributed by atoms with Crippen LogP contribution in [0.3, 0.4) is 0 Å². The zero-order chi connectivity index (χ0) is 36.1. The number of sulfonamides is 1. The molecule has 49 heavy (non-hydrogen) atoms. The molecule has 5 atom stereocenters. The van der Waals surface area contributed by atoms with Gasteiger partial charge >= 0.3 is 6.09 Å². The van der Waals surface area contributed by atoms with Gasteiger partial charge in [0.15, 0.2) is 5.58 Å². The minimum atomic E-state index is -3.90. The van der Waals surface area contributed by atoms with Gasteiger partial charge in [-0.15, -0.1) is 6.58 Å². The average Bonchev–Trinajstić information content (AvgIpc) is 3.90. The summed E-state index contributed by atoms with van der Waals surface area (Å²) in [5.74, 6) is -1.96. The van der Waals surface area contributed by atoms with Crippen molar-refractivity contribution >= 4 is 44.8 Å². The number of rotatable bonds is 11. The molecule has 1 aliphatic heterocycles. The number of amides is 4. The molecule has 3 fully saturated rings. The normalized spacial score (nSPS) is 24.5. The largest absolute Gasteiger partial charge is 0.497 e. The van der Waals surface area contributed by atoms with Gasteiger partial charge in [0.25, 0.3) is 11.8 Å². The second-order valence-corrected chi connectivity index (χ2v) is 16.9. The first-order chi connectivity index (χ1) is 22.8.